The summed E-state index contributed by atoms with van der Waals surface area (Å²) >= 11 is 0. The maximum absolute atomic E-state index is 13.0. The maximum Gasteiger partial charge on any atom is 0.251 e. The zero-order chi connectivity index (χ0) is 23.4. The Kier molecular flexibility index (Phi) is 7.02. The zero-order valence-corrected chi connectivity index (χ0v) is 19.5. The average Bonchev–Trinajstić information content (AvgIpc) is 3.72. The van der Waals surface area contributed by atoms with Crippen molar-refractivity contribution in [2.45, 2.75) is 64.3 Å². The van der Waals surface area contributed by atoms with E-state index in [-0.39, 0.29) is 24.0 Å². The summed E-state index contributed by atoms with van der Waals surface area (Å²) in [5, 5.41) is 3.00. The first-order chi connectivity index (χ1) is 15.9. The molecule has 6 heteroatoms. The Morgan fingerprint density at radius 2 is 1.79 bits per heavy atom. The van der Waals surface area contributed by atoms with Crippen molar-refractivity contribution in [1.82, 2.24) is 10.2 Å². The molecule has 6 nitrogen and oxygen atoms in total. The molecular formula is C27H32N2O4. The van der Waals surface area contributed by atoms with E-state index in [4.69, 9.17) is 9.47 Å². The van der Waals surface area contributed by atoms with Crippen molar-refractivity contribution in [1.29, 1.82) is 0 Å². The molecule has 0 bridgehead atoms. The van der Waals surface area contributed by atoms with Crippen LogP contribution in [0, 0.1) is 0 Å². The van der Waals surface area contributed by atoms with Gasteiger partial charge in [-0.25, -0.2) is 0 Å². The summed E-state index contributed by atoms with van der Waals surface area (Å²) in [5.41, 5.74) is 2.55. The van der Waals surface area contributed by atoms with E-state index in [1.165, 1.54) is 0 Å². The Labute approximate surface area is 195 Å². The van der Waals surface area contributed by atoms with Crippen LogP contribution < -0.4 is 14.8 Å². The fraction of sp³-hybridized carbons (Fsp3) is 0.407. The number of ether oxygens (including phenoxy) is 2. The van der Waals surface area contributed by atoms with Crippen molar-refractivity contribution in [3.8, 4) is 11.5 Å². The van der Waals surface area contributed by atoms with Crippen LogP contribution in [0.3, 0.4) is 0 Å². The fourth-order valence-electron chi connectivity index (χ4n) is 3.63. The minimum absolute atomic E-state index is 0.0190. The lowest BCUT2D eigenvalue weighted by atomic mass is 10.1. The van der Waals surface area contributed by atoms with Crippen LogP contribution >= 0.6 is 0 Å². The fourth-order valence-corrected chi connectivity index (χ4v) is 3.63. The zero-order valence-electron chi connectivity index (χ0n) is 19.5. The maximum atomic E-state index is 13.0. The van der Waals surface area contributed by atoms with Crippen molar-refractivity contribution in [3.05, 3.63) is 65.2 Å². The van der Waals surface area contributed by atoms with Crippen molar-refractivity contribution in [2.75, 3.05) is 7.11 Å². The van der Waals surface area contributed by atoms with E-state index in [2.05, 4.69) is 5.32 Å². The molecule has 4 rings (SSSR count). The van der Waals surface area contributed by atoms with Gasteiger partial charge in [0, 0.05) is 30.3 Å². The molecule has 33 heavy (non-hydrogen) atoms. The number of nitrogens with one attached hydrogen (secondary N) is 1. The largest absolute Gasteiger partial charge is 0.493 e. The lowest BCUT2D eigenvalue weighted by Gasteiger charge is -2.21. The van der Waals surface area contributed by atoms with Gasteiger partial charge in [-0.3, -0.25) is 9.59 Å². The smallest absolute Gasteiger partial charge is 0.251 e. The molecule has 0 atom stereocenters. The topological polar surface area (TPSA) is 67.9 Å². The van der Waals surface area contributed by atoms with Crippen molar-refractivity contribution < 1.29 is 19.1 Å². The Morgan fingerprint density at radius 3 is 2.39 bits per heavy atom. The summed E-state index contributed by atoms with van der Waals surface area (Å²) < 4.78 is 11.2. The number of hydrogen-bond acceptors (Lipinski definition) is 4. The summed E-state index contributed by atoms with van der Waals surface area (Å²) in [6.45, 7) is 4.46. The first-order valence-electron chi connectivity index (χ1n) is 11.7. The molecule has 2 saturated carbocycles. The molecular weight excluding hydrogens is 416 g/mol. The van der Waals surface area contributed by atoms with Gasteiger partial charge in [0.2, 0.25) is 5.91 Å². The number of rotatable bonds is 10. The summed E-state index contributed by atoms with van der Waals surface area (Å²) in [5.74, 6) is 1.28. The molecule has 2 fully saturated rings. The molecule has 0 aliphatic heterocycles. The molecule has 2 amide bonds. The molecule has 2 aliphatic carbocycles. The number of amides is 2. The van der Waals surface area contributed by atoms with Crippen LogP contribution in [0.4, 0.5) is 0 Å². The highest BCUT2D eigenvalue weighted by atomic mass is 16.5. The lowest BCUT2D eigenvalue weighted by molar-refractivity contribution is -0.127. The van der Waals surface area contributed by atoms with E-state index in [1.807, 2.05) is 67.3 Å². The van der Waals surface area contributed by atoms with Crippen molar-refractivity contribution in [3.63, 3.8) is 0 Å². The number of methoxy groups -OCH3 is 1. The van der Waals surface area contributed by atoms with Gasteiger partial charge in [0.15, 0.2) is 11.5 Å². The first-order valence-corrected chi connectivity index (χ1v) is 11.7. The molecule has 0 saturated heterocycles. The number of carbonyl (C=O) groups excluding carboxylic acids is 2. The van der Waals surface area contributed by atoms with Gasteiger partial charge in [-0.15, -0.1) is 0 Å². The van der Waals surface area contributed by atoms with Gasteiger partial charge in [0.05, 0.1) is 13.2 Å². The third-order valence-corrected chi connectivity index (χ3v) is 5.72. The SMILES string of the molecule is COc1cc(/C=C/C(=O)N(Cc2ccc(C(=O)NC3CC3)cc2)C2CC2)ccc1OC(C)C. The van der Waals surface area contributed by atoms with E-state index in [9.17, 15) is 9.59 Å². The van der Waals surface area contributed by atoms with Gasteiger partial charge in [0.25, 0.3) is 5.91 Å². The van der Waals surface area contributed by atoms with E-state index in [1.54, 1.807) is 13.2 Å². The highest BCUT2D eigenvalue weighted by molar-refractivity contribution is 5.94. The first kappa shape index (κ1) is 22.9. The predicted octanol–water partition coefficient (Wildman–Crippen LogP) is 4.58. The Morgan fingerprint density at radius 1 is 1.06 bits per heavy atom. The molecule has 0 radical (unpaired) electrons. The summed E-state index contributed by atoms with van der Waals surface area (Å²) in [7, 11) is 1.61. The summed E-state index contributed by atoms with van der Waals surface area (Å²) in [4.78, 5) is 27.1. The van der Waals surface area contributed by atoms with Crippen LogP contribution in [0.25, 0.3) is 6.08 Å². The van der Waals surface area contributed by atoms with Crippen LogP contribution in [0.1, 0.15) is 61.0 Å². The van der Waals surface area contributed by atoms with Gasteiger partial charge < -0.3 is 19.7 Å². The molecule has 2 aromatic rings. The average molecular weight is 449 g/mol. The monoisotopic (exact) mass is 448 g/mol. The Balaban J connectivity index is 1.40. The Bertz CT molecular complexity index is 1020. The van der Waals surface area contributed by atoms with Crippen molar-refractivity contribution in [2.24, 2.45) is 0 Å². The van der Waals surface area contributed by atoms with Crippen LogP contribution in [-0.2, 0) is 11.3 Å². The van der Waals surface area contributed by atoms with Crippen molar-refractivity contribution >= 4 is 17.9 Å². The molecule has 0 spiro atoms. The van der Waals surface area contributed by atoms with Crippen LogP contribution in [-0.4, -0.2) is 42.0 Å². The minimum atomic E-state index is -0.0256. The minimum Gasteiger partial charge on any atom is -0.493 e. The second-order valence-electron chi connectivity index (χ2n) is 9.05. The Hall–Kier alpha value is -3.28. The van der Waals surface area contributed by atoms with Gasteiger partial charge >= 0.3 is 0 Å². The van der Waals surface area contributed by atoms with Crippen LogP contribution in [0.2, 0.25) is 0 Å². The highest BCUT2D eigenvalue weighted by Crippen LogP contribution is 2.31. The summed E-state index contributed by atoms with van der Waals surface area (Å²) in [6, 6.07) is 13.8. The van der Waals surface area contributed by atoms with E-state index >= 15 is 0 Å². The highest BCUT2D eigenvalue weighted by Gasteiger charge is 2.31. The molecule has 2 aromatic carbocycles. The standard InChI is InChI=1S/C27H32N2O4/c1-18(2)33-24-14-6-19(16-25(24)32-3)7-15-26(30)29(23-12-13-23)17-20-4-8-21(9-5-20)27(31)28-22-10-11-22/h4-9,14-16,18,22-23H,10-13,17H2,1-3H3,(H,28,31)/b15-7+. The molecule has 0 heterocycles. The lowest BCUT2D eigenvalue weighted by Crippen LogP contribution is -2.31. The third kappa shape index (κ3) is 6.37. The second-order valence-corrected chi connectivity index (χ2v) is 9.05. The molecule has 2 aliphatic rings. The van der Waals surface area contributed by atoms with Crippen LogP contribution in [0.5, 0.6) is 11.5 Å². The van der Waals surface area contributed by atoms with Gasteiger partial charge in [-0.05, 0) is 81.0 Å². The number of benzene rings is 2. The molecule has 0 unspecified atom stereocenters. The van der Waals surface area contributed by atoms with E-state index < -0.39 is 0 Å². The number of nitrogens with zero attached hydrogens (tertiary/aromatic N) is 1. The van der Waals surface area contributed by atoms with E-state index in [0.717, 1.165) is 36.8 Å². The second kappa shape index (κ2) is 10.1. The number of hydrogen-bond donors (Lipinski definition) is 1. The summed E-state index contributed by atoms with van der Waals surface area (Å²) in [6.07, 6.45) is 7.66. The van der Waals surface area contributed by atoms with Gasteiger partial charge in [0.1, 0.15) is 0 Å². The number of carbonyl (C=O) groups is 2. The predicted molar refractivity (Wildman–Crippen MR) is 128 cm³/mol. The van der Waals surface area contributed by atoms with Gasteiger partial charge in [-0.2, -0.15) is 0 Å². The molecule has 1 N–H and O–H groups in total. The normalized spacial score (nSPS) is 15.5. The van der Waals surface area contributed by atoms with Crippen LogP contribution in [0.15, 0.2) is 48.5 Å². The quantitative estimate of drug-likeness (QED) is 0.541. The molecule has 174 valence electrons. The third-order valence-electron chi connectivity index (χ3n) is 5.72. The molecule has 0 aromatic heterocycles. The van der Waals surface area contributed by atoms with E-state index in [0.29, 0.717) is 29.6 Å². The van der Waals surface area contributed by atoms with Gasteiger partial charge in [-0.1, -0.05) is 18.2 Å².